The average Bonchev–Trinajstić information content (AvgIpc) is 0.722. The molecule has 0 heterocycles. The van der Waals surface area contributed by atoms with Crippen LogP contribution in [0.1, 0.15) is 1.43 Å². The van der Waals surface area contributed by atoms with Crippen molar-refractivity contribution in [3.05, 3.63) is 0 Å². The standard InChI is InChI=1S/Mn.Na.H3O4P.Ti.H/c;;1-5(2,3)4;;/h;;(H3,1,2,3,4);;/q;+1;;;-1. The number of rotatable bonds is 0. The van der Waals surface area contributed by atoms with E-state index >= 15 is 0 Å². The molecule has 0 aliphatic carbocycles. The fourth-order valence-electron chi connectivity index (χ4n) is 0. The Bertz CT molecular complexity index is 66.7. The van der Waals surface area contributed by atoms with Gasteiger partial charge in [0.15, 0.2) is 0 Å². The van der Waals surface area contributed by atoms with Crippen LogP contribution in [0.2, 0.25) is 0 Å². The molecule has 0 unspecified atom stereocenters. The molecule has 0 aromatic rings. The van der Waals surface area contributed by atoms with Crippen molar-refractivity contribution in [2.75, 3.05) is 0 Å². The van der Waals surface area contributed by atoms with E-state index in [1.54, 1.807) is 0 Å². The van der Waals surface area contributed by atoms with E-state index in [1.165, 1.54) is 0 Å². The van der Waals surface area contributed by atoms with Gasteiger partial charge in [-0.25, -0.2) is 4.57 Å². The summed E-state index contributed by atoms with van der Waals surface area (Å²) in [6.45, 7) is 0. The zero-order valence-electron chi connectivity index (χ0n) is 5.08. The summed E-state index contributed by atoms with van der Waals surface area (Å²) in [5, 5.41) is 0. The van der Waals surface area contributed by atoms with Gasteiger partial charge in [0.05, 0.1) is 0 Å². The third-order valence-corrected chi connectivity index (χ3v) is 0. The molecule has 1 radical (unpaired) electrons. The molecule has 0 amide bonds. The Hall–Kier alpha value is 2.34. The Morgan fingerprint density at radius 2 is 1.25 bits per heavy atom. The molecular weight excluding hydrogens is 221 g/mol. The molecule has 8 heteroatoms. The first-order valence-electron chi connectivity index (χ1n) is 0.783. The van der Waals surface area contributed by atoms with Gasteiger partial charge in [-0.15, -0.1) is 0 Å². The van der Waals surface area contributed by atoms with Crippen LogP contribution in [0.4, 0.5) is 0 Å². The van der Waals surface area contributed by atoms with Crippen LogP contribution in [0, 0.1) is 0 Å². The van der Waals surface area contributed by atoms with Crippen LogP contribution in [0.3, 0.4) is 0 Å². The number of hydrogen-bond donors (Lipinski definition) is 3. The molecule has 4 nitrogen and oxygen atoms in total. The quantitative estimate of drug-likeness (QED) is 0.291. The van der Waals surface area contributed by atoms with Gasteiger partial charge >= 0.3 is 37.4 Å². The number of phosphoric acid groups is 1. The predicted molar refractivity (Wildman–Crippen MR) is 15.4 cm³/mol. The topological polar surface area (TPSA) is 77.8 Å². The summed E-state index contributed by atoms with van der Waals surface area (Å²) in [5.41, 5.74) is 0. The fraction of sp³-hybridized carbons (Fsp3) is 0. The number of hydrogen-bond acceptors (Lipinski definition) is 1. The molecule has 0 bridgehead atoms. The van der Waals surface area contributed by atoms with Crippen LogP contribution >= 0.6 is 7.82 Å². The molecule has 0 aromatic heterocycles. The molecule has 0 saturated heterocycles. The SMILES string of the molecule is O=P(O)(O)O.[H-].[Mn].[Na+].[Ti]. The van der Waals surface area contributed by atoms with Gasteiger partial charge < -0.3 is 16.1 Å². The second kappa shape index (κ2) is 9.34. The second-order valence-electron chi connectivity index (χ2n) is 0.513. The van der Waals surface area contributed by atoms with Crippen molar-refractivity contribution in [3.63, 3.8) is 0 Å². The molecule has 8 heavy (non-hydrogen) atoms. The van der Waals surface area contributed by atoms with Gasteiger partial charge in [0, 0.05) is 38.8 Å². The van der Waals surface area contributed by atoms with E-state index in [-0.39, 0.29) is 69.8 Å². The molecule has 0 rings (SSSR count). The first-order chi connectivity index (χ1) is 2.00. The van der Waals surface area contributed by atoms with E-state index in [0.717, 1.165) is 0 Å². The normalized spacial score (nSPS) is 7.38. The Kier molecular flexibility index (Phi) is 26.2. The first kappa shape index (κ1) is 22.4. The van der Waals surface area contributed by atoms with Crippen molar-refractivity contribution in [1.82, 2.24) is 0 Å². The van der Waals surface area contributed by atoms with Crippen molar-refractivity contribution < 1.29 is 89.0 Å². The molecule has 0 aliphatic rings. The molecular formula is H4MnNaO4PTi. The van der Waals surface area contributed by atoms with E-state index in [1.807, 2.05) is 0 Å². The maximum Gasteiger partial charge on any atom is 1.00 e. The summed E-state index contributed by atoms with van der Waals surface area (Å²) < 4.78 is 8.88. The van der Waals surface area contributed by atoms with E-state index in [0.29, 0.717) is 0 Å². The molecule has 0 aliphatic heterocycles. The second-order valence-corrected chi connectivity index (χ2v) is 1.54. The maximum absolute atomic E-state index is 8.88. The third kappa shape index (κ3) is 81.9. The summed E-state index contributed by atoms with van der Waals surface area (Å²) in [6.07, 6.45) is 0. The zero-order chi connectivity index (χ0) is 4.50. The molecule has 3 N–H and O–H groups in total. The summed E-state index contributed by atoms with van der Waals surface area (Å²) >= 11 is 0. The average molecular weight is 225 g/mol. The van der Waals surface area contributed by atoms with E-state index in [9.17, 15) is 0 Å². The monoisotopic (exact) mass is 225 g/mol. The summed E-state index contributed by atoms with van der Waals surface area (Å²) in [6, 6.07) is 0. The van der Waals surface area contributed by atoms with Crippen LogP contribution in [0.15, 0.2) is 0 Å². The van der Waals surface area contributed by atoms with Gasteiger partial charge in [0.25, 0.3) is 0 Å². The Morgan fingerprint density at radius 3 is 1.25 bits per heavy atom. The van der Waals surface area contributed by atoms with Crippen LogP contribution in [-0.2, 0) is 43.4 Å². The first-order valence-corrected chi connectivity index (χ1v) is 2.35. The van der Waals surface area contributed by atoms with Gasteiger partial charge in [-0.3, -0.25) is 0 Å². The van der Waals surface area contributed by atoms with Crippen molar-refractivity contribution in [2.45, 2.75) is 0 Å². The predicted octanol–water partition coefficient (Wildman–Crippen LogP) is -3.82. The molecule has 0 atom stereocenters. The minimum absolute atomic E-state index is 0. The largest absolute Gasteiger partial charge is 1.00 e. The molecule has 0 spiro atoms. The minimum Gasteiger partial charge on any atom is -1.00 e. The van der Waals surface area contributed by atoms with Crippen LogP contribution in [-0.4, -0.2) is 14.7 Å². The van der Waals surface area contributed by atoms with Gasteiger partial charge in [0.2, 0.25) is 0 Å². The van der Waals surface area contributed by atoms with Crippen LogP contribution in [0.5, 0.6) is 0 Å². The van der Waals surface area contributed by atoms with Crippen molar-refractivity contribution in [2.24, 2.45) is 0 Å². The minimum atomic E-state index is -4.64. The van der Waals surface area contributed by atoms with Crippen LogP contribution in [0.25, 0.3) is 0 Å². The maximum atomic E-state index is 8.88. The van der Waals surface area contributed by atoms with E-state index in [2.05, 4.69) is 0 Å². The van der Waals surface area contributed by atoms with Crippen molar-refractivity contribution >= 4 is 7.82 Å². The fourth-order valence-corrected chi connectivity index (χ4v) is 0. The van der Waals surface area contributed by atoms with Gasteiger partial charge in [-0.2, -0.15) is 0 Å². The summed E-state index contributed by atoms with van der Waals surface area (Å²) in [4.78, 5) is 21.6. The van der Waals surface area contributed by atoms with E-state index < -0.39 is 7.82 Å². The Labute approximate surface area is 95.8 Å². The Morgan fingerprint density at radius 1 is 1.25 bits per heavy atom. The zero-order valence-corrected chi connectivity index (χ0v) is 9.71. The van der Waals surface area contributed by atoms with E-state index in [4.69, 9.17) is 19.2 Å². The van der Waals surface area contributed by atoms with Crippen molar-refractivity contribution in [3.8, 4) is 0 Å². The molecule has 0 fully saturated rings. The van der Waals surface area contributed by atoms with Crippen molar-refractivity contribution in [1.29, 1.82) is 0 Å². The molecule has 0 saturated carbocycles. The summed E-state index contributed by atoms with van der Waals surface area (Å²) in [7, 11) is -4.64. The van der Waals surface area contributed by atoms with Gasteiger partial charge in [-0.05, 0) is 0 Å². The molecule has 0 aromatic carbocycles. The summed E-state index contributed by atoms with van der Waals surface area (Å²) in [5.74, 6) is 0. The smallest absolute Gasteiger partial charge is 1.00 e. The van der Waals surface area contributed by atoms with Gasteiger partial charge in [0.1, 0.15) is 0 Å². The Balaban J connectivity index is -0.0000000133. The van der Waals surface area contributed by atoms with Crippen LogP contribution < -0.4 is 29.6 Å². The third-order valence-electron chi connectivity index (χ3n) is 0. The van der Waals surface area contributed by atoms with Gasteiger partial charge in [-0.1, -0.05) is 0 Å². The molecule has 45 valence electrons.